The van der Waals surface area contributed by atoms with Crippen molar-refractivity contribution in [1.82, 2.24) is 14.3 Å². The van der Waals surface area contributed by atoms with Gasteiger partial charge in [-0.2, -0.15) is 4.31 Å². The van der Waals surface area contributed by atoms with E-state index >= 15 is 0 Å². The molecule has 0 spiro atoms. The van der Waals surface area contributed by atoms with Gasteiger partial charge in [0, 0.05) is 25.5 Å². The molecule has 1 aromatic carbocycles. The van der Waals surface area contributed by atoms with Crippen LogP contribution in [0.15, 0.2) is 41.6 Å². The van der Waals surface area contributed by atoms with Gasteiger partial charge in [-0.05, 0) is 36.8 Å². The van der Waals surface area contributed by atoms with Crippen LogP contribution >= 0.6 is 0 Å². The van der Waals surface area contributed by atoms with Crippen LogP contribution in [0.1, 0.15) is 5.56 Å². The number of nitrogens with zero attached hydrogens (tertiary/aromatic N) is 3. The Hall–Kier alpha value is -2.19. The van der Waals surface area contributed by atoms with Crippen LogP contribution in [-0.2, 0) is 10.0 Å². The number of benzene rings is 1. The second kappa shape index (κ2) is 6.13. The monoisotopic (exact) mass is 334 g/mol. The fraction of sp³-hybridized carbons (Fsp3) is 0.333. The quantitative estimate of drug-likeness (QED) is 0.887. The number of hydrogen-bond donors (Lipinski definition) is 1. The van der Waals surface area contributed by atoms with Crippen LogP contribution in [0.3, 0.4) is 0 Å². The van der Waals surface area contributed by atoms with E-state index in [9.17, 15) is 8.42 Å². The van der Waals surface area contributed by atoms with Crippen LogP contribution in [0, 0.1) is 6.92 Å². The summed E-state index contributed by atoms with van der Waals surface area (Å²) in [5.41, 5.74) is 0.793. The van der Waals surface area contributed by atoms with Gasteiger partial charge in [-0.1, -0.05) is 0 Å². The molecule has 0 aliphatic carbocycles. The highest BCUT2D eigenvalue weighted by atomic mass is 32.2. The highest BCUT2D eigenvalue weighted by molar-refractivity contribution is 7.89. The molecule has 1 aliphatic rings. The van der Waals surface area contributed by atoms with E-state index in [0.717, 1.165) is 5.56 Å². The molecule has 0 radical (unpaired) electrons. The van der Waals surface area contributed by atoms with Gasteiger partial charge in [0.2, 0.25) is 16.0 Å². The summed E-state index contributed by atoms with van der Waals surface area (Å²) in [5.74, 6) is 1.18. The molecular weight excluding hydrogens is 316 g/mol. The molecule has 7 nitrogen and oxygen atoms in total. The van der Waals surface area contributed by atoms with Crippen LogP contribution in [0.5, 0.6) is 5.75 Å². The Bertz CT molecular complexity index is 790. The van der Waals surface area contributed by atoms with Crippen LogP contribution in [0.25, 0.3) is 0 Å². The van der Waals surface area contributed by atoms with Crippen LogP contribution < -0.4 is 10.1 Å². The molecule has 2 aromatic rings. The summed E-state index contributed by atoms with van der Waals surface area (Å²) in [6.07, 6.45) is 3.28. The molecule has 8 heteroatoms. The van der Waals surface area contributed by atoms with Gasteiger partial charge in [-0.3, -0.25) is 0 Å². The third-order valence-electron chi connectivity index (χ3n) is 3.75. The molecule has 0 unspecified atom stereocenters. The zero-order chi connectivity index (χ0) is 16.4. The Kier molecular flexibility index (Phi) is 4.18. The first-order valence-electron chi connectivity index (χ1n) is 7.19. The Labute approximate surface area is 135 Å². The highest BCUT2D eigenvalue weighted by Crippen LogP contribution is 2.26. The lowest BCUT2D eigenvalue weighted by molar-refractivity contribution is 0.280. The molecule has 3 rings (SSSR count). The van der Waals surface area contributed by atoms with Crippen molar-refractivity contribution in [3.05, 3.63) is 42.2 Å². The van der Waals surface area contributed by atoms with Crippen molar-refractivity contribution in [1.29, 1.82) is 0 Å². The van der Waals surface area contributed by atoms with Gasteiger partial charge in [-0.25, -0.2) is 18.4 Å². The summed E-state index contributed by atoms with van der Waals surface area (Å²) in [6.45, 7) is 2.61. The largest absolute Gasteiger partial charge is 0.496 e. The minimum Gasteiger partial charge on any atom is -0.496 e. The van der Waals surface area contributed by atoms with Crippen molar-refractivity contribution in [2.45, 2.75) is 17.9 Å². The third kappa shape index (κ3) is 3.13. The zero-order valence-corrected chi connectivity index (χ0v) is 13.7. The molecule has 0 saturated carbocycles. The van der Waals surface area contributed by atoms with Crippen molar-refractivity contribution >= 4 is 16.0 Å². The Morgan fingerprint density at radius 2 is 1.96 bits per heavy atom. The van der Waals surface area contributed by atoms with Crippen molar-refractivity contribution < 1.29 is 13.2 Å². The van der Waals surface area contributed by atoms with Crippen LogP contribution in [0.4, 0.5) is 5.95 Å². The maximum absolute atomic E-state index is 12.6. The Balaban J connectivity index is 1.67. The summed E-state index contributed by atoms with van der Waals surface area (Å²) in [7, 11) is -1.91. The fourth-order valence-electron chi connectivity index (χ4n) is 2.44. The molecule has 1 N–H and O–H groups in total. The second-order valence-corrected chi connectivity index (χ2v) is 7.31. The summed E-state index contributed by atoms with van der Waals surface area (Å²) in [6, 6.07) is 6.63. The van der Waals surface area contributed by atoms with Gasteiger partial charge in [0.25, 0.3) is 0 Å². The van der Waals surface area contributed by atoms with Crippen molar-refractivity contribution in [2.75, 3.05) is 25.5 Å². The lowest BCUT2D eigenvalue weighted by Gasteiger charge is -2.38. The van der Waals surface area contributed by atoms with Crippen molar-refractivity contribution in [3.8, 4) is 5.75 Å². The summed E-state index contributed by atoms with van der Waals surface area (Å²) >= 11 is 0. The first kappa shape index (κ1) is 15.7. The number of aryl methyl sites for hydroxylation is 1. The van der Waals surface area contributed by atoms with Crippen molar-refractivity contribution in [2.24, 2.45) is 0 Å². The second-order valence-electron chi connectivity index (χ2n) is 5.37. The molecule has 1 aliphatic heterocycles. The number of sulfonamides is 1. The predicted molar refractivity (Wildman–Crippen MR) is 85.9 cm³/mol. The van der Waals surface area contributed by atoms with Gasteiger partial charge in [0.05, 0.1) is 18.0 Å². The topological polar surface area (TPSA) is 84.4 Å². The Morgan fingerprint density at radius 1 is 1.26 bits per heavy atom. The number of hydrogen-bond acceptors (Lipinski definition) is 6. The molecule has 122 valence electrons. The van der Waals surface area contributed by atoms with E-state index in [1.165, 1.54) is 4.31 Å². The van der Waals surface area contributed by atoms with Crippen LogP contribution in [0.2, 0.25) is 0 Å². The zero-order valence-electron chi connectivity index (χ0n) is 12.9. The highest BCUT2D eigenvalue weighted by Gasteiger charge is 2.37. The third-order valence-corrected chi connectivity index (χ3v) is 5.58. The molecule has 1 saturated heterocycles. The number of ether oxygens (including phenoxy) is 1. The average molecular weight is 334 g/mol. The minimum atomic E-state index is -3.48. The van der Waals surface area contributed by atoms with Crippen LogP contribution in [-0.4, -0.2) is 48.9 Å². The van der Waals surface area contributed by atoms with Gasteiger partial charge < -0.3 is 10.1 Å². The number of aromatic nitrogens is 2. The van der Waals surface area contributed by atoms with Gasteiger partial charge in [-0.15, -0.1) is 0 Å². The lowest BCUT2D eigenvalue weighted by Crippen LogP contribution is -2.56. The maximum Gasteiger partial charge on any atom is 0.243 e. The number of nitrogens with one attached hydrogen (secondary N) is 1. The predicted octanol–water partition coefficient (Wildman–Crippen LogP) is 1.28. The van der Waals surface area contributed by atoms with E-state index in [1.54, 1.807) is 43.8 Å². The maximum atomic E-state index is 12.6. The fourth-order valence-corrected chi connectivity index (χ4v) is 4.06. The van der Waals surface area contributed by atoms with E-state index in [1.807, 2.05) is 6.92 Å². The molecule has 23 heavy (non-hydrogen) atoms. The summed E-state index contributed by atoms with van der Waals surface area (Å²) in [5, 5.41) is 3.11. The first-order chi connectivity index (χ1) is 11.0. The molecule has 0 bridgehead atoms. The summed E-state index contributed by atoms with van der Waals surface area (Å²) in [4.78, 5) is 8.43. The van der Waals surface area contributed by atoms with Gasteiger partial charge >= 0.3 is 0 Å². The molecular formula is C15H18N4O3S. The van der Waals surface area contributed by atoms with E-state index in [0.29, 0.717) is 24.8 Å². The van der Waals surface area contributed by atoms with E-state index in [2.05, 4.69) is 15.3 Å². The molecule has 2 heterocycles. The number of rotatable bonds is 5. The Morgan fingerprint density at radius 3 is 2.57 bits per heavy atom. The summed E-state index contributed by atoms with van der Waals surface area (Å²) < 4.78 is 31.8. The van der Waals surface area contributed by atoms with E-state index < -0.39 is 10.0 Å². The molecule has 0 amide bonds. The smallest absolute Gasteiger partial charge is 0.243 e. The SMILES string of the molecule is COc1ccc(S(=O)(=O)N2CC(Nc3ncccn3)C2)cc1C. The van der Waals surface area contributed by atoms with Gasteiger partial charge in [0.1, 0.15) is 5.75 Å². The normalized spacial score (nSPS) is 15.9. The number of methoxy groups -OCH3 is 1. The standard InChI is InChI=1S/C15H18N4O3S/c1-11-8-13(4-5-14(11)22-2)23(20,21)19-9-12(10-19)18-15-16-6-3-7-17-15/h3-8,12H,9-10H2,1-2H3,(H,16,17,18). The first-order valence-corrected chi connectivity index (χ1v) is 8.63. The van der Waals surface area contributed by atoms with Gasteiger partial charge in [0.15, 0.2) is 0 Å². The van der Waals surface area contributed by atoms with E-state index in [4.69, 9.17) is 4.74 Å². The van der Waals surface area contributed by atoms with Crippen molar-refractivity contribution in [3.63, 3.8) is 0 Å². The van der Waals surface area contributed by atoms with E-state index in [-0.39, 0.29) is 10.9 Å². The molecule has 1 aromatic heterocycles. The number of anilines is 1. The molecule has 0 atom stereocenters. The molecule has 1 fully saturated rings. The minimum absolute atomic E-state index is 0.0199. The average Bonchev–Trinajstić information content (AvgIpc) is 2.51. The lowest BCUT2D eigenvalue weighted by atomic mass is 10.2.